The molecule has 1 fully saturated rings. The summed E-state index contributed by atoms with van der Waals surface area (Å²) in [6.45, 7) is 4.79. The Bertz CT molecular complexity index is 493. The molecule has 1 amide bonds. The number of carbonyl (C=O) groups excluding carboxylic acids is 1. The molecule has 0 aliphatic carbocycles. The van der Waals surface area contributed by atoms with Gasteiger partial charge in [-0.1, -0.05) is 12.1 Å². The van der Waals surface area contributed by atoms with Crippen LogP contribution in [0.4, 0.5) is 0 Å². The van der Waals surface area contributed by atoms with Crippen molar-refractivity contribution in [1.82, 2.24) is 10.2 Å². The van der Waals surface area contributed by atoms with E-state index in [9.17, 15) is 9.90 Å². The van der Waals surface area contributed by atoms with Gasteiger partial charge in [-0.2, -0.15) is 0 Å². The van der Waals surface area contributed by atoms with Gasteiger partial charge in [-0.25, -0.2) is 0 Å². The van der Waals surface area contributed by atoms with Crippen molar-refractivity contribution in [3.63, 3.8) is 0 Å². The Morgan fingerprint density at radius 2 is 2.36 bits per heavy atom. The van der Waals surface area contributed by atoms with Crippen LogP contribution in [0.3, 0.4) is 0 Å². The molecule has 2 N–H and O–H groups in total. The summed E-state index contributed by atoms with van der Waals surface area (Å²) < 4.78 is 5.19. The largest absolute Gasteiger partial charge is 0.497 e. The van der Waals surface area contributed by atoms with Gasteiger partial charge in [0, 0.05) is 19.6 Å². The molecule has 1 aliphatic heterocycles. The summed E-state index contributed by atoms with van der Waals surface area (Å²) in [5, 5.41) is 13.3. The Balaban J connectivity index is 1.93. The number of carbonyl (C=O) groups is 1. The molecule has 0 radical (unpaired) electrons. The summed E-state index contributed by atoms with van der Waals surface area (Å²) in [4.78, 5) is 14.1. The van der Waals surface area contributed by atoms with Gasteiger partial charge in [0.1, 0.15) is 5.75 Å². The van der Waals surface area contributed by atoms with E-state index in [2.05, 4.69) is 10.2 Å². The molecule has 1 aromatic rings. The number of amides is 1. The Morgan fingerprint density at radius 1 is 1.55 bits per heavy atom. The molecule has 1 aromatic carbocycles. The molecule has 0 bridgehead atoms. The highest BCUT2D eigenvalue weighted by Gasteiger charge is 2.26. The molecule has 0 saturated carbocycles. The highest BCUT2D eigenvalue weighted by atomic mass is 16.5. The van der Waals surface area contributed by atoms with E-state index in [0.29, 0.717) is 19.6 Å². The van der Waals surface area contributed by atoms with E-state index in [-0.39, 0.29) is 11.8 Å². The number of likely N-dealkylation sites (tertiary alicyclic amines) is 1. The van der Waals surface area contributed by atoms with Crippen molar-refractivity contribution < 1.29 is 14.6 Å². The third-order valence-corrected chi connectivity index (χ3v) is 4.14. The van der Waals surface area contributed by atoms with Crippen molar-refractivity contribution in [2.45, 2.75) is 25.9 Å². The lowest BCUT2D eigenvalue weighted by Gasteiger charge is -2.33. The second kappa shape index (κ2) is 8.15. The SMILES string of the molecule is CCNC(=O)C1CCCN(CC(O)c2cccc(OC)c2)C1. The van der Waals surface area contributed by atoms with E-state index >= 15 is 0 Å². The summed E-state index contributed by atoms with van der Waals surface area (Å²) in [5.74, 6) is 0.907. The number of ether oxygens (including phenoxy) is 1. The van der Waals surface area contributed by atoms with E-state index < -0.39 is 6.10 Å². The number of rotatable bonds is 6. The van der Waals surface area contributed by atoms with E-state index in [1.54, 1.807) is 7.11 Å². The zero-order chi connectivity index (χ0) is 15.9. The van der Waals surface area contributed by atoms with Crippen LogP contribution in [-0.4, -0.2) is 49.2 Å². The zero-order valence-corrected chi connectivity index (χ0v) is 13.4. The zero-order valence-electron chi connectivity index (χ0n) is 13.4. The van der Waals surface area contributed by atoms with Gasteiger partial charge >= 0.3 is 0 Å². The molecule has 1 aliphatic rings. The first-order valence-corrected chi connectivity index (χ1v) is 7.96. The monoisotopic (exact) mass is 306 g/mol. The number of piperidine rings is 1. The van der Waals surface area contributed by atoms with E-state index in [4.69, 9.17) is 4.74 Å². The molecule has 22 heavy (non-hydrogen) atoms. The average Bonchev–Trinajstić information content (AvgIpc) is 2.55. The third-order valence-electron chi connectivity index (χ3n) is 4.14. The third kappa shape index (κ3) is 4.45. The maximum absolute atomic E-state index is 12.0. The van der Waals surface area contributed by atoms with Gasteiger partial charge in [-0.15, -0.1) is 0 Å². The van der Waals surface area contributed by atoms with Crippen LogP contribution >= 0.6 is 0 Å². The number of hydrogen-bond acceptors (Lipinski definition) is 4. The maximum Gasteiger partial charge on any atom is 0.224 e. The molecular formula is C17H26N2O3. The first kappa shape index (κ1) is 16.8. The van der Waals surface area contributed by atoms with Gasteiger partial charge in [0.05, 0.1) is 19.1 Å². The van der Waals surface area contributed by atoms with Crippen LogP contribution in [0.1, 0.15) is 31.4 Å². The minimum absolute atomic E-state index is 0.0335. The quantitative estimate of drug-likeness (QED) is 0.837. The number of aliphatic hydroxyl groups is 1. The molecular weight excluding hydrogens is 280 g/mol. The lowest BCUT2D eigenvalue weighted by Crippen LogP contribution is -2.44. The first-order valence-electron chi connectivity index (χ1n) is 7.96. The van der Waals surface area contributed by atoms with Crippen LogP contribution < -0.4 is 10.1 Å². The Hall–Kier alpha value is -1.59. The molecule has 1 heterocycles. The molecule has 2 rings (SSSR count). The van der Waals surface area contributed by atoms with Crippen LogP contribution in [0.5, 0.6) is 5.75 Å². The van der Waals surface area contributed by atoms with Crippen molar-refractivity contribution in [3.05, 3.63) is 29.8 Å². The van der Waals surface area contributed by atoms with Crippen molar-refractivity contribution in [2.75, 3.05) is 33.3 Å². The lowest BCUT2D eigenvalue weighted by atomic mass is 9.96. The average molecular weight is 306 g/mol. The number of methoxy groups -OCH3 is 1. The fraction of sp³-hybridized carbons (Fsp3) is 0.588. The standard InChI is InChI=1S/C17H26N2O3/c1-3-18-17(21)14-7-5-9-19(11-14)12-16(20)13-6-4-8-15(10-13)22-2/h4,6,8,10,14,16,20H,3,5,7,9,11-12H2,1-2H3,(H,18,21). The summed E-state index contributed by atoms with van der Waals surface area (Å²) in [6, 6.07) is 7.50. The fourth-order valence-electron chi connectivity index (χ4n) is 2.95. The van der Waals surface area contributed by atoms with Crippen LogP contribution in [0.25, 0.3) is 0 Å². The Labute approximate surface area is 132 Å². The summed E-state index contributed by atoms with van der Waals surface area (Å²) in [5.41, 5.74) is 0.847. The number of aliphatic hydroxyl groups excluding tert-OH is 1. The smallest absolute Gasteiger partial charge is 0.224 e. The molecule has 0 aromatic heterocycles. The molecule has 122 valence electrons. The van der Waals surface area contributed by atoms with Gasteiger partial charge in [-0.05, 0) is 44.0 Å². The van der Waals surface area contributed by atoms with Gasteiger partial charge in [0.15, 0.2) is 0 Å². The summed E-state index contributed by atoms with van der Waals surface area (Å²) in [7, 11) is 1.62. The second-order valence-corrected chi connectivity index (χ2v) is 5.79. The van der Waals surface area contributed by atoms with E-state index in [0.717, 1.165) is 30.7 Å². The predicted molar refractivity (Wildman–Crippen MR) is 85.8 cm³/mol. The molecule has 5 heteroatoms. The van der Waals surface area contributed by atoms with Gasteiger partial charge in [0.25, 0.3) is 0 Å². The normalized spacial score (nSPS) is 20.4. The number of nitrogens with one attached hydrogen (secondary N) is 1. The second-order valence-electron chi connectivity index (χ2n) is 5.79. The molecule has 2 atom stereocenters. The van der Waals surface area contributed by atoms with Crippen LogP contribution in [0.15, 0.2) is 24.3 Å². The number of nitrogens with zero attached hydrogens (tertiary/aromatic N) is 1. The van der Waals surface area contributed by atoms with Crippen LogP contribution in [-0.2, 0) is 4.79 Å². The molecule has 5 nitrogen and oxygen atoms in total. The number of hydrogen-bond donors (Lipinski definition) is 2. The fourth-order valence-corrected chi connectivity index (χ4v) is 2.95. The van der Waals surface area contributed by atoms with Crippen LogP contribution in [0, 0.1) is 5.92 Å². The number of β-amino-alcohol motifs (C(OH)–C–C–N with tert-alkyl or cyclic N) is 1. The van der Waals surface area contributed by atoms with Gasteiger partial charge in [0.2, 0.25) is 5.91 Å². The highest BCUT2D eigenvalue weighted by Crippen LogP contribution is 2.23. The minimum Gasteiger partial charge on any atom is -0.497 e. The van der Waals surface area contributed by atoms with Crippen molar-refractivity contribution in [2.24, 2.45) is 5.92 Å². The molecule has 1 saturated heterocycles. The summed E-state index contributed by atoms with van der Waals surface area (Å²) >= 11 is 0. The first-order chi connectivity index (χ1) is 10.6. The van der Waals surface area contributed by atoms with Gasteiger partial charge in [-0.3, -0.25) is 9.69 Å². The summed E-state index contributed by atoms with van der Waals surface area (Å²) in [6.07, 6.45) is 1.35. The van der Waals surface area contributed by atoms with E-state index in [1.165, 1.54) is 0 Å². The maximum atomic E-state index is 12.0. The Kier molecular flexibility index (Phi) is 6.21. The Morgan fingerprint density at radius 3 is 3.09 bits per heavy atom. The molecule has 0 spiro atoms. The lowest BCUT2D eigenvalue weighted by molar-refractivity contribution is -0.126. The molecule has 2 unspecified atom stereocenters. The number of benzene rings is 1. The van der Waals surface area contributed by atoms with Crippen molar-refractivity contribution in [3.8, 4) is 5.75 Å². The highest BCUT2D eigenvalue weighted by molar-refractivity contribution is 5.78. The van der Waals surface area contributed by atoms with Gasteiger partial charge < -0.3 is 15.2 Å². The van der Waals surface area contributed by atoms with E-state index in [1.807, 2.05) is 31.2 Å². The predicted octanol–water partition coefficient (Wildman–Crippen LogP) is 1.58. The topological polar surface area (TPSA) is 61.8 Å². The van der Waals surface area contributed by atoms with Crippen molar-refractivity contribution in [1.29, 1.82) is 0 Å². The minimum atomic E-state index is -0.567. The van der Waals surface area contributed by atoms with Crippen LogP contribution in [0.2, 0.25) is 0 Å². The van der Waals surface area contributed by atoms with Crippen molar-refractivity contribution >= 4 is 5.91 Å².